The molecule has 1 heterocycles. The fraction of sp³-hybridized carbons (Fsp3) is 0.250. The van der Waals surface area contributed by atoms with E-state index in [2.05, 4.69) is 4.98 Å². The first-order valence-corrected chi connectivity index (χ1v) is 6.53. The number of benzene rings is 1. The van der Waals surface area contributed by atoms with Crippen molar-refractivity contribution in [2.75, 3.05) is 7.11 Å². The number of hydrogen-bond donors (Lipinski definition) is 0. The van der Waals surface area contributed by atoms with Gasteiger partial charge in [0.25, 0.3) is 0 Å². The lowest BCUT2D eigenvalue weighted by Crippen LogP contribution is -2.04. The van der Waals surface area contributed by atoms with Gasteiger partial charge in [0.05, 0.1) is 12.7 Å². The second-order valence-corrected chi connectivity index (χ2v) is 4.92. The number of halogens is 1. The molecule has 0 radical (unpaired) electrons. The Morgan fingerprint density at radius 2 is 2.00 bits per heavy atom. The highest BCUT2D eigenvalue weighted by molar-refractivity contribution is 5.99. The highest BCUT2D eigenvalue weighted by Crippen LogP contribution is 2.34. The fourth-order valence-electron chi connectivity index (χ4n) is 2.13. The molecule has 20 heavy (non-hydrogen) atoms. The van der Waals surface area contributed by atoms with E-state index in [9.17, 15) is 9.18 Å². The molecule has 1 aliphatic carbocycles. The van der Waals surface area contributed by atoms with Crippen LogP contribution >= 0.6 is 0 Å². The summed E-state index contributed by atoms with van der Waals surface area (Å²) < 4.78 is 19.0. The van der Waals surface area contributed by atoms with Gasteiger partial charge in [-0.2, -0.15) is 0 Å². The third-order valence-corrected chi connectivity index (χ3v) is 3.46. The molecule has 0 saturated heterocycles. The minimum Gasteiger partial charge on any atom is -0.481 e. The van der Waals surface area contributed by atoms with Gasteiger partial charge < -0.3 is 4.74 Å². The van der Waals surface area contributed by atoms with E-state index >= 15 is 0 Å². The van der Waals surface area contributed by atoms with E-state index in [0.717, 1.165) is 18.4 Å². The largest absolute Gasteiger partial charge is 0.481 e. The quantitative estimate of drug-likeness (QED) is 0.799. The monoisotopic (exact) mass is 271 g/mol. The van der Waals surface area contributed by atoms with Crippen molar-refractivity contribution >= 4 is 5.78 Å². The SMILES string of the molecule is COc1ccc(-c2ccc(C(=O)C3CC3)c(F)c2)cn1. The molecular formula is C16H14FNO2. The minimum absolute atomic E-state index is 0.0259. The van der Waals surface area contributed by atoms with Gasteiger partial charge in [0.2, 0.25) is 5.88 Å². The number of nitrogens with zero attached hydrogens (tertiary/aromatic N) is 1. The maximum Gasteiger partial charge on any atom is 0.212 e. The van der Waals surface area contributed by atoms with Crippen LogP contribution in [0.2, 0.25) is 0 Å². The molecule has 0 aliphatic heterocycles. The molecule has 0 amide bonds. The topological polar surface area (TPSA) is 39.2 Å². The van der Waals surface area contributed by atoms with Gasteiger partial charge in [-0.15, -0.1) is 0 Å². The summed E-state index contributed by atoms with van der Waals surface area (Å²) in [4.78, 5) is 16.0. The number of aromatic nitrogens is 1. The van der Waals surface area contributed by atoms with Gasteiger partial charge in [0.1, 0.15) is 5.82 Å². The van der Waals surface area contributed by atoms with Crippen molar-refractivity contribution in [1.82, 2.24) is 4.98 Å². The Morgan fingerprint density at radius 1 is 1.25 bits per heavy atom. The Labute approximate surface area is 116 Å². The smallest absolute Gasteiger partial charge is 0.212 e. The van der Waals surface area contributed by atoms with Gasteiger partial charge in [-0.05, 0) is 36.6 Å². The minimum atomic E-state index is -0.463. The van der Waals surface area contributed by atoms with E-state index in [1.807, 2.05) is 6.07 Å². The van der Waals surface area contributed by atoms with Crippen molar-refractivity contribution in [3.05, 3.63) is 47.9 Å². The van der Waals surface area contributed by atoms with Crippen molar-refractivity contribution in [3.8, 4) is 17.0 Å². The van der Waals surface area contributed by atoms with Gasteiger partial charge in [0.15, 0.2) is 5.78 Å². The zero-order valence-electron chi connectivity index (χ0n) is 11.1. The van der Waals surface area contributed by atoms with E-state index in [-0.39, 0.29) is 17.3 Å². The maximum atomic E-state index is 14.1. The number of rotatable bonds is 4. The summed E-state index contributed by atoms with van der Waals surface area (Å²) in [6.07, 6.45) is 3.38. The van der Waals surface area contributed by atoms with Crippen LogP contribution in [0, 0.1) is 11.7 Å². The molecule has 2 aromatic rings. The van der Waals surface area contributed by atoms with Crippen molar-refractivity contribution in [2.24, 2.45) is 5.92 Å². The Morgan fingerprint density at radius 3 is 2.55 bits per heavy atom. The Bertz CT molecular complexity index is 648. The molecular weight excluding hydrogens is 257 g/mol. The summed E-state index contributed by atoms with van der Waals surface area (Å²) in [5.74, 6) is -0.00937. The number of carbonyl (C=O) groups is 1. The van der Waals surface area contributed by atoms with Crippen LogP contribution in [0.3, 0.4) is 0 Å². The highest BCUT2D eigenvalue weighted by atomic mass is 19.1. The third-order valence-electron chi connectivity index (χ3n) is 3.46. The Kier molecular flexibility index (Phi) is 3.22. The second-order valence-electron chi connectivity index (χ2n) is 4.92. The molecule has 1 aliphatic rings. The average molecular weight is 271 g/mol. The first kappa shape index (κ1) is 12.8. The zero-order chi connectivity index (χ0) is 14.1. The average Bonchev–Trinajstić information content (AvgIpc) is 3.31. The van der Waals surface area contributed by atoms with E-state index in [0.29, 0.717) is 11.4 Å². The molecule has 3 rings (SSSR count). The van der Waals surface area contributed by atoms with E-state index < -0.39 is 5.82 Å². The first-order valence-electron chi connectivity index (χ1n) is 6.53. The lowest BCUT2D eigenvalue weighted by atomic mass is 10.0. The van der Waals surface area contributed by atoms with E-state index in [1.54, 1.807) is 31.5 Å². The Hall–Kier alpha value is -2.23. The summed E-state index contributed by atoms with van der Waals surface area (Å²) >= 11 is 0. The number of pyridine rings is 1. The molecule has 102 valence electrons. The van der Waals surface area contributed by atoms with Gasteiger partial charge in [-0.1, -0.05) is 6.07 Å². The highest BCUT2D eigenvalue weighted by Gasteiger charge is 2.31. The maximum absolute atomic E-state index is 14.1. The fourth-order valence-corrected chi connectivity index (χ4v) is 2.13. The molecule has 0 unspecified atom stereocenters. The van der Waals surface area contributed by atoms with Crippen LogP contribution < -0.4 is 4.74 Å². The second kappa shape index (κ2) is 5.04. The molecule has 1 fully saturated rings. The molecule has 4 heteroatoms. The van der Waals surface area contributed by atoms with Gasteiger partial charge >= 0.3 is 0 Å². The molecule has 1 aromatic heterocycles. The van der Waals surface area contributed by atoms with Crippen molar-refractivity contribution in [1.29, 1.82) is 0 Å². The van der Waals surface area contributed by atoms with Crippen molar-refractivity contribution in [2.45, 2.75) is 12.8 Å². The number of methoxy groups -OCH3 is 1. The summed E-state index contributed by atoms with van der Waals surface area (Å²) in [7, 11) is 1.54. The molecule has 0 spiro atoms. The lowest BCUT2D eigenvalue weighted by molar-refractivity contribution is 0.0963. The summed E-state index contributed by atoms with van der Waals surface area (Å²) in [5, 5.41) is 0. The van der Waals surface area contributed by atoms with Crippen LogP contribution in [0.4, 0.5) is 4.39 Å². The van der Waals surface area contributed by atoms with Crippen LogP contribution in [0.15, 0.2) is 36.5 Å². The molecule has 0 bridgehead atoms. The standard InChI is InChI=1S/C16H14FNO2/c1-20-15-7-5-12(9-18-15)11-4-6-13(14(17)8-11)16(19)10-2-3-10/h4-10H,2-3H2,1H3. The van der Waals surface area contributed by atoms with Gasteiger partial charge in [0, 0.05) is 23.7 Å². The molecule has 1 aromatic carbocycles. The number of carbonyl (C=O) groups excluding carboxylic acids is 1. The van der Waals surface area contributed by atoms with Gasteiger partial charge in [-0.25, -0.2) is 9.37 Å². The number of hydrogen-bond acceptors (Lipinski definition) is 3. The van der Waals surface area contributed by atoms with Crippen LogP contribution in [-0.4, -0.2) is 17.9 Å². The van der Waals surface area contributed by atoms with Crippen LogP contribution in [0.1, 0.15) is 23.2 Å². The van der Waals surface area contributed by atoms with Crippen LogP contribution in [-0.2, 0) is 0 Å². The molecule has 3 nitrogen and oxygen atoms in total. The number of ether oxygens (including phenoxy) is 1. The normalized spacial score (nSPS) is 14.1. The van der Waals surface area contributed by atoms with Gasteiger partial charge in [-0.3, -0.25) is 4.79 Å². The summed E-state index contributed by atoms with van der Waals surface area (Å²) in [6.45, 7) is 0. The van der Waals surface area contributed by atoms with Crippen LogP contribution in [0.25, 0.3) is 11.1 Å². The predicted molar refractivity (Wildman–Crippen MR) is 73.2 cm³/mol. The van der Waals surface area contributed by atoms with E-state index in [4.69, 9.17) is 4.74 Å². The Balaban J connectivity index is 1.90. The van der Waals surface area contributed by atoms with E-state index in [1.165, 1.54) is 6.07 Å². The predicted octanol–water partition coefficient (Wildman–Crippen LogP) is 3.49. The number of ketones is 1. The van der Waals surface area contributed by atoms with Crippen molar-refractivity contribution < 1.29 is 13.9 Å². The summed E-state index contributed by atoms with van der Waals surface area (Å²) in [5.41, 5.74) is 1.68. The van der Waals surface area contributed by atoms with Crippen molar-refractivity contribution in [3.63, 3.8) is 0 Å². The van der Waals surface area contributed by atoms with Crippen LogP contribution in [0.5, 0.6) is 5.88 Å². The molecule has 0 N–H and O–H groups in total. The molecule has 1 saturated carbocycles. The third kappa shape index (κ3) is 2.41. The number of Topliss-reactive ketones (excluding diaryl/α,β-unsaturated/α-hetero) is 1. The summed E-state index contributed by atoms with van der Waals surface area (Å²) in [6, 6.07) is 8.23. The lowest BCUT2D eigenvalue weighted by Gasteiger charge is -2.06. The first-order chi connectivity index (χ1) is 9.69. The molecule has 0 atom stereocenters. The zero-order valence-corrected chi connectivity index (χ0v) is 11.1.